The van der Waals surface area contributed by atoms with E-state index < -0.39 is 0 Å². The van der Waals surface area contributed by atoms with Crippen molar-refractivity contribution < 1.29 is 9.90 Å². The molecule has 0 spiro atoms. The predicted molar refractivity (Wildman–Crippen MR) is 60.4 cm³/mol. The Hall–Kier alpha value is -0.570. The third-order valence-electron chi connectivity index (χ3n) is 3.48. The molecule has 1 amide bonds. The van der Waals surface area contributed by atoms with Crippen molar-refractivity contribution in [1.82, 2.24) is 4.90 Å². The fourth-order valence-electron chi connectivity index (χ4n) is 1.99. The summed E-state index contributed by atoms with van der Waals surface area (Å²) in [7, 11) is 0. The molecule has 0 aromatic heterocycles. The molecule has 0 aromatic rings. The summed E-state index contributed by atoms with van der Waals surface area (Å²) in [4.78, 5) is 14.0. The van der Waals surface area contributed by atoms with Gasteiger partial charge in [-0.1, -0.05) is 20.8 Å². The van der Waals surface area contributed by atoms with E-state index in [1.54, 1.807) is 0 Å². The number of piperidine rings is 1. The molecule has 1 heterocycles. The van der Waals surface area contributed by atoms with Gasteiger partial charge in [0.25, 0.3) is 0 Å². The minimum atomic E-state index is 0.0995. The number of hydrogen-bond acceptors (Lipinski definition) is 2. The number of aliphatic hydroxyl groups excluding tert-OH is 1. The van der Waals surface area contributed by atoms with Gasteiger partial charge in [0.2, 0.25) is 5.91 Å². The van der Waals surface area contributed by atoms with E-state index in [-0.39, 0.29) is 18.4 Å². The fraction of sp³-hybridized carbons (Fsp3) is 0.917. The summed E-state index contributed by atoms with van der Waals surface area (Å²) in [6.45, 7) is 7.97. The van der Waals surface area contributed by atoms with Crippen molar-refractivity contribution in [2.45, 2.75) is 33.6 Å². The van der Waals surface area contributed by atoms with Crippen LogP contribution in [0.3, 0.4) is 0 Å². The Balaban J connectivity index is 2.52. The molecule has 0 bridgehead atoms. The SMILES string of the molecule is CC(C)C(C)C(=O)N1CCCC(CO)C1. The van der Waals surface area contributed by atoms with E-state index in [1.165, 1.54) is 0 Å². The first kappa shape index (κ1) is 12.5. The van der Waals surface area contributed by atoms with Crippen LogP contribution in [0, 0.1) is 17.8 Å². The Labute approximate surface area is 92.5 Å². The normalized spacial score (nSPS) is 24.3. The van der Waals surface area contributed by atoms with E-state index in [4.69, 9.17) is 5.11 Å². The molecule has 0 aromatic carbocycles. The highest BCUT2D eigenvalue weighted by Gasteiger charge is 2.27. The first-order chi connectivity index (χ1) is 7.06. The van der Waals surface area contributed by atoms with Crippen molar-refractivity contribution >= 4 is 5.91 Å². The predicted octanol–water partition coefficient (Wildman–Crippen LogP) is 1.51. The zero-order valence-electron chi connectivity index (χ0n) is 10.1. The molecule has 2 atom stereocenters. The smallest absolute Gasteiger partial charge is 0.225 e. The van der Waals surface area contributed by atoms with E-state index in [0.29, 0.717) is 11.8 Å². The van der Waals surface area contributed by atoms with Gasteiger partial charge in [-0.15, -0.1) is 0 Å². The topological polar surface area (TPSA) is 40.5 Å². The van der Waals surface area contributed by atoms with Crippen LogP contribution >= 0.6 is 0 Å². The average molecular weight is 213 g/mol. The largest absolute Gasteiger partial charge is 0.396 e. The van der Waals surface area contributed by atoms with Gasteiger partial charge in [0.15, 0.2) is 0 Å². The Bertz CT molecular complexity index is 216. The molecule has 3 nitrogen and oxygen atoms in total. The molecule has 3 heteroatoms. The highest BCUT2D eigenvalue weighted by atomic mass is 16.3. The summed E-state index contributed by atoms with van der Waals surface area (Å²) < 4.78 is 0. The van der Waals surface area contributed by atoms with Gasteiger partial charge in [-0.05, 0) is 24.7 Å². The monoisotopic (exact) mass is 213 g/mol. The van der Waals surface area contributed by atoms with E-state index in [2.05, 4.69) is 13.8 Å². The van der Waals surface area contributed by atoms with Gasteiger partial charge in [0.05, 0.1) is 0 Å². The Morgan fingerprint density at radius 1 is 1.47 bits per heavy atom. The zero-order valence-corrected chi connectivity index (χ0v) is 10.1. The van der Waals surface area contributed by atoms with Crippen LogP contribution in [-0.4, -0.2) is 35.6 Å². The Morgan fingerprint density at radius 2 is 2.13 bits per heavy atom. The van der Waals surface area contributed by atoms with Gasteiger partial charge < -0.3 is 10.0 Å². The molecule has 1 rings (SSSR count). The third-order valence-corrected chi connectivity index (χ3v) is 3.48. The third kappa shape index (κ3) is 3.20. The lowest BCUT2D eigenvalue weighted by atomic mass is 9.93. The quantitative estimate of drug-likeness (QED) is 0.772. The summed E-state index contributed by atoms with van der Waals surface area (Å²) in [6, 6.07) is 0. The number of likely N-dealkylation sites (tertiary alicyclic amines) is 1. The lowest BCUT2D eigenvalue weighted by Gasteiger charge is -2.34. The Morgan fingerprint density at radius 3 is 2.67 bits per heavy atom. The van der Waals surface area contributed by atoms with E-state index in [9.17, 15) is 4.79 Å². The number of hydrogen-bond donors (Lipinski definition) is 1. The summed E-state index contributed by atoms with van der Waals surface area (Å²) in [5.74, 6) is 1.04. The van der Waals surface area contributed by atoms with Gasteiger partial charge in [-0.3, -0.25) is 4.79 Å². The van der Waals surface area contributed by atoms with Crippen LogP contribution < -0.4 is 0 Å². The van der Waals surface area contributed by atoms with E-state index in [0.717, 1.165) is 25.9 Å². The highest BCUT2D eigenvalue weighted by Crippen LogP contribution is 2.20. The molecule has 0 aliphatic carbocycles. The lowest BCUT2D eigenvalue weighted by Crippen LogP contribution is -2.44. The van der Waals surface area contributed by atoms with E-state index >= 15 is 0 Å². The molecule has 2 unspecified atom stereocenters. The van der Waals surface area contributed by atoms with Crippen molar-refractivity contribution in [2.75, 3.05) is 19.7 Å². The van der Waals surface area contributed by atoms with Crippen LogP contribution in [0.15, 0.2) is 0 Å². The van der Waals surface area contributed by atoms with Gasteiger partial charge in [-0.2, -0.15) is 0 Å². The van der Waals surface area contributed by atoms with Gasteiger partial charge in [0, 0.05) is 25.6 Å². The minimum Gasteiger partial charge on any atom is -0.396 e. The average Bonchev–Trinajstić information content (AvgIpc) is 2.27. The van der Waals surface area contributed by atoms with Gasteiger partial charge >= 0.3 is 0 Å². The number of aliphatic hydroxyl groups is 1. The second-order valence-electron chi connectivity index (χ2n) is 5.01. The van der Waals surface area contributed by atoms with Gasteiger partial charge in [-0.25, -0.2) is 0 Å². The molecule has 88 valence electrons. The van der Waals surface area contributed by atoms with Crippen LogP contribution in [0.4, 0.5) is 0 Å². The summed E-state index contributed by atoms with van der Waals surface area (Å²) in [5.41, 5.74) is 0. The lowest BCUT2D eigenvalue weighted by molar-refractivity contribution is -0.138. The second kappa shape index (κ2) is 5.50. The standard InChI is InChI=1S/C12H23NO2/c1-9(2)10(3)12(15)13-6-4-5-11(7-13)8-14/h9-11,14H,4-8H2,1-3H3. The van der Waals surface area contributed by atoms with Crippen molar-refractivity contribution in [3.05, 3.63) is 0 Å². The number of carbonyl (C=O) groups is 1. The second-order valence-corrected chi connectivity index (χ2v) is 5.01. The van der Waals surface area contributed by atoms with Crippen molar-refractivity contribution in [1.29, 1.82) is 0 Å². The van der Waals surface area contributed by atoms with Crippen LogP contribution in [0.5, 0.6) is 0 Å². The Kier molecular flexibility index (Phi) is 4.58. The van der Waals surface area contributed by atoms with Crippen LogP contribution in [0.25, 0.3) is 0 Å². The molecule has 15 heavy (non-hydrogen) atoms. The molecule has 0 radical (unpaired) electrons. The molecule has 1 saturated heterocycles. The summed E-state index contributed by atoms with van der Waals surface area (Å²) >= 11 is 0. The van der Waals surface area contributed by atoms with Crippen molar-refractivity contribution in [3.63, 3.8) is 0 Å². The number of carbonyl (C=O) groups excluding carboxylic acids is 1. The highest BCUT2D eigenvalue weighted by molar-refractivity contribution is 5.78. The number of rotatable bonds is 3. The minimum absolute atomic E-state index is 0.0995. The van der Waals surface area contributed by atoms with Crippen LogP contribution in [0.1, 0.15) is 33.6 Å². The zero-order chi connectivity index (χ0) is 11.4. The first-order valence-corrected chi connectivity index (χ1v) is 5.96. The summed E-state index contributed by atoms with van der Waals surface area (Å²) in [6.07, 6.45) is 2.08. The maximum absolute atomic E-state index is 12.0. The molecule has 0 saturated carbocycles. The van der Waals surface area contributed by atoms with Crippen molar-refractivity contribution in [3.8, 4) is 0 Å². The van der Waals surface area contributed by atoms with Crippen LogP contribution in [0.2, 0.25) is 0 Å². The number of nitrogens with zero attached hydrogens (tertiary/aromatic N) is 1. The first-order valence-electron chi connectivity index (χ1n) is 5.96. The van der Waals surface area contributed by atoms with Crippen molar-refractivity contribution in [2.24, 2.45) is 17.8 Å². The molecular weight excluding hydrogens is 190 g/mol. The molecule has 1 aliphatic rings. The fourth-order valence-corrected chi connectivity index (χ4v) is 1.99. The molecule has 1 fully saturated rings. The van der Waals surface area contributed by atoms with Crippen LogP contribution in [-0.2, 0) is 4.79 Å². The maximum atomic E-state index is 12.0. The number of amides is 1. The molecular formula is C12H23NO2. The van der Waals surface area contributed by atoms with Gasteiger partial charge in [0.1, 0.15) is 0 Å². The summed E-state index contributed by atoms with van der Waals surface area (Å²) in [5, 5.41) is 9.10. The molecule has 1 N–H and O–H groups in total. The van der Waals surface area contributed by atoms with E-state index in [1.807, 2.05) is 11.8 Å². The molecule has 1 aliphatic heterocycles. The maximum Gasteiger partial charge on any atom is 0.225 e.